The van der Waals surface area contributed by atoms with Crippen LogP contribution >= 0.6 is 0 Å². The smallest absolute Gasteiger partial charge is 0.335 e. The third-order valence-electron chi connectivity index (χ3n) is 4.29. The molecular formula is C10H16O3. The van der Waals surface area contributed by atoms with E-state index >= 15 is 0 Å². The Labute approximate surface area is 77.8 Å². The summed E-state index contributed by atoms with van der Waals surface area (Å²) in [4.78, 5) is 10.9. The number of hydrogen-bond acceptors (Lipinski definition) is 2. The van der Waals surface area contributed by atoms with E-state index in [9.17, 15) is 9.90 Å². The van der Waals surface area contributed by atoms with Gasteiger partial charge in [0.05, 0.1) is 0 Å². The van der Waals surface area contributed by atoms with Gasteiger partial charge in [-0.05, 0) is 30.6 Å². The van der Waals surface area contributed by atoms with Crippen LogP contribution in [-0.4, -0.2) is 21.8 Å². The summed E-state index contributed by atoms with van der Waals surface area (Å²) in [5, 5.41) is 19.0. The highest BCUT2D eigenvalue weighted by atomic mass is 16.4. The Kier molecular flexibility index (Phi) is 1.57. The van der Waals surface area contributed by atoms with E-state index in [0.29, 0.717) is 12.3 Å². The van der Waals surface area contributed by atoms with E-state index in [-0.39, 0.29) is 11.3 Å². The first-order chi connectivity index (χ1) is 5.89. The lowest BCUT2D eigenvalue weighted by atomic mass is 9.44. The van der Waals surface area contributed by atoms with Gasteiger partial charge in [-0.1, -0.05) is 13.8 Å². The summed E-state index contributed by atoms with van der Waals surface area (Å²) in [6.45, 7) is 4.14. The van der Waals surface area contributed by atoms with E-state index in [2.05, 4.69) is 13.8 Å². The lowest BCUT2D eigenvalue weighted by molar-refractivity contribution is -0.217. The summed E-state index contributed by atoms with van der Waals surface area (Å²) in [6.07, 6.45) is 2.17. The molecule has 13 heavy (non-hydrogen) atoms. The van der Waals surface area contributed by atoms with E-state index in [1.165, 1.54) is 0 Å². The third kappa shape index (κ3) is 0.909. The molecule has 3 heteroatoms. The van der Waals surface area contributed by atoms with Crippen molar-refractivity contribution in [2.24, 2.45) is 17.3 Å². The van der Waals surface area contributed by atoms with E-state index < -0.39 is 11.6 Å². The predicted molar refractivity (Wildman–Crippen MR) is 47.2 cm³/mol. The standard InChI is InChI=1S/C10H16O3/c1-9(2)6-3-4-10(13,8(11)12)7(9)5-6/h6-7,13H,3-5H2,1-2H3,(H,11,12)/t6-,7-,10+/m1/s1. The number of carboxylic acids is 1. The largest absolute Gasteiger partial charge is 0.479 e. The molecule has 0 aliphatic heterocycles. The van der Waals surface area contributed by atoms with Crippen molar-refractivity contribution in [3.8, 4) is 0 Å². The third-order valence-corrected chi connectivity index (χ3v) is 4.29. The van der Waals surface area contributed by atoms with Gasteiger partial charge in [0, 0.05) is 5.92 Å². The molecule has 0 spiro atoms. The quantitative estimate of drug-likeness (QED) is 0.645. The average Bonchev–Trinajstić information content (AvgIpc) is 2.03. The van der Waals surface area contributed by atoms with Crippen molar-refractivity contribution in [2.45, 2.75) is 38.7 Å². The van der Waals surface area contributed by atoms with Gasteiger partial charge in [-0.3, -0.25) is 0 Å². The zero-order valence-corrected chi connectivity index (χ0v) is 8.08. The highest BCUT2D eigenvalue weighted by molar-refractivity contribution is 5.78. The molecular weight excluding hydrogens is 168 g/mol. The molecule has 0 radical (unpaired) electrons. The van der Waals surface area contributed by atoms with Crippen LogP contribution in [0.15, 0.2) is 0 Å². The first-order valence-electron chi connectivity index (χ1n) is 4.85. The fourth-order valence-electron chi connectivity index (χ4n) is 3.14. The van der Waals surface area contributed by atoms with Crippen LogP contribution in [-0.2, 0) is 4.79 Å². The molecule has 3 rings (SSSR count). The van der Waals surface area contributed by atoms with E-state index in [0.717, 1.165) is 12.8 Å². The minimum Gasteiger partial charge on any atom is -0.479 e. The van der Waals surface area contributed by atoms with Crippen molar-refractivity contribution in [3.05, 3.63) is 0 Å². The van der Waals surface area contributed by atoms with Gasteiger partial charge in [0.2, 0.25) is 0 Å². The van der Waals surface area contributed by atoms with Gasteiger partial charge in [0.1, 0.15) is 0 Å². The molecule has 0 aromatic heterocycles. The number of aliphatic carboxylic acids is 1. The minimum absolute atomic E-state index is 0.0192. The fraction of sp³-hybridized carbons (Fsp3) is 0.900. The van der Waals surface area contributed by atoms with Crippen molar-refractivity contribution in [1.82, 2.24) is 0 Å². The molecule has 3 aliphatic rings. The molecule has 74 valence electrons. The molecule has 3 fully saturated rings. The van der Waals surface area contributed by atoms with Gasteiger partial charge in [-0.25, -0.2) is 4.79 Å². The van der Waals surface area contributed by atoms with Crippen LogP contribution in [0.1, 0.15) is 33.1 Å². The molecule has 0 saturated heterocycles. The zero-order valence-electron chi connectivity index (χ0n) is 8.08. The SMILES string of the molecule is CC1(C)[C@@H]2CC[C@@](O)(C(=O)O)[C@@H]1C2. The molecule has 3 nitrogen and oxygen atoms in total. The molecule has 0 amide bonds. The molecule has 0 heterocycles. The first-order valence-corrected chi connectivity index (χ1v) is 4.85. The molecule has 3 aliphatic carbocycles. The van der Waals surface area contributed by atoms with Crippen molar-refractivity contribution in [1.29, 1.82) is 0 Å². The maximum Gasteiger partial charge on any atom is 0.335 e. The Hall–Kier alpha value is -0.570. The number of fused-ring (bicyclic) bond motifs is 2. The number of carbonyl (C=O) groups is 1. The summed E-state index contributed by atoms with van der Waals surface area (Å²) in [7, 11) is 0. The van der Waals surface area contributed by atoms with Crippen molar-refractivity contribution >= 4 is 5.97 Å². The molecule has 3 atom stereocenters. The van der Waals surface area contributed by atoms with Gasteiger partial charge >= 0.3 is 5.97 Å². The summed E-state index contributed by atoms with van der Waals surface area (Å²) in [6, 6.07) is 0. The molecule has 3 saturated carbocycles. The van der Waals surface area contributed by atoms with Crippen molar-refractivity contribution in [2.75, 3.05) is 0 Å². The van der Waals surface area contributed by atoms with Crippen LogP contribution in [0.3, 0.4) is 0 Å². The van der Waals surface area contributed by atoms with E-state index in [1.807, 2.05) is 0 Å². The van der Waals surface area contributed by atoms with Gasteiger partial charge in [0.25, 0.3) is 0 Å². The lowest BCUT2D eigenvalue weighted by Crippen LogP contribution is -2.64. The van der Waals surface area contributed by atoms with E-state index in [4.69, 9.17) is 5.11 Å². The van der Waals surface area contributed by atoms with Crippen LogP contribution in [0, 0.1) is 17.3 Å². The summed E-state index contributed by atoms with van der Waals surface area (Å²) < 4.78 is 0. The molecule has 2 bridgehead atoms. The van der Waals surface area contributed by atoms with Crippen LogP contribution in [0.25, 0.3) is 0 Å². The summed E-state index contributed by atoms with van der Waals surface area (Å²) >= 11 is 0. The Morgan fingerprint density at radius 1 is 1.46 bits per heavy atom. The van der Waals surface area contributed by atoms with Gasteiger partial charge in [-0.15, -0.1) is 0 Å². The lowest BCUT2D eigenvalue weighted by Gasteiger charge is -2.61. The topological polar surface area (TPSA) is 57.5 Å². The number of aliphatic hydroxyl groups is 1. The highest BCUT2D eigenvalue weighted by Gasteiger charge is 2.63. The number of rotatable bonds is 1. The summed E-state index contributed by atoms with van der Waals surface area (Å²) in [5.41, 5.74) is -1.43. The van der Waals surface area contributed by atoms with Crippen LogP contribution < -0.4 is 0 Å². The molecule has 0 unspecified atom stereocenters. The summed E-state index contributed by atoms with van der Waals surface area (Å²) in [5.74, 6) is -0.461. The Morgan fingerprint density at radius 2 is 2.08 bits per heavy atom. The van der Waals surface area contributed by atoms with Gasteiger partial charge in [-0.2, -0.15) is 0 Å². The average molecular weight is 184 g/mol. The van der Waals surface area contributed by atoms with Gasteiger partial charge in [0.15, 0.2) is 5.60 Å². The minimum atomic E-state index is -1.45. The monoisotopic (exact) mass is 184 g/mol. The molecule has 2 N–H and O–H groups in total. The van der Waals surface area contributed by atoms with Crippen LogP contribution in [0.2, 0.25) is 0 Å². The Bertz CT molecular complexity index is 257. The van der Waals surface area contributed by atoms with Crippen molar-refractivity contribution < 1.29 is 15.0 Å². The second kappa shape index (κ2) is 2.27. The molecule has 0 aromatic carbocycles. The van der Waals surface area contributed by atoms with Crippen molar-refractivity contribution in [3.63, 3.8) is 0 Å². The number of hydrogen-bond donors (Lipinski definition) is 2. The second-order valence-corrected chi connectivity index (χ2v) is 5.07. The van der Waals surface area contributed by atoms with Gasteiger partial charge < -0.3 is 10.2 Å². The fourth-order valence-corrected chi connectivity index (χ4v) is 3.14. The Morgan fingerprint density at radius 3 is 2.38 bits per heavy atom. The van der Waals surface area contributed by atoms with Crippen LogP contribution in [0.5, 0.6) is 0 Å². The zero-order chi connectivity index (χ0) is 9.85. The predicted octanol–water partition coefficient (Wildman–Crippen LogP) is 1.26. The van der Waals surface area contributed by atoms with E-state index in [1.54, 1.807) is 0 Å². The maximum atomic E-state index is 10.9. The Balaban J connectivity index is 2.29. The second-order valence-electron chi connectivity index (χ2n) is 5.07. The highest BCUT2D eigenvalue weighted by Crippen LogP contribution is 2.62. The first kappa shape index (κ1) is 9.00. The molecule has 0 aromatic rings. The van der Waals surface area contributed by atoms with Crippen LogP contribution in [0.4, 0.5) is 0 Å². The maximum absolute atomic E-state index is 10.9. The normalized spacial score (nSPS) is 46.7. The number of carboxylic acid groups (broad SMARTS) is 1.